The second kappa shape index (κ2) is 5.30. The van der Waals surface area contributed by atoms with Crippen LogP contribution in [0.3, 0.4) is 0 Å². The molecule has 0 saturated carbocycles. The molecule has 20 heavy (non-hydrogen) atoms. The largest absolute Gasteiger partial charge is 0.320 e. The molecular weight excluding hydrogens is 284 g/mol. The summed E-state index contributed by atoms with van der Waals surface area (Å²) in [5.41, 5.74) is 0.588. The number of nitrogens with one attached hydrogen (secondary N) is 1. The molecule has 1 amide bonds. The van der Waals surface area contributed by atoms with Crippen LogP contribution in [0.25, 0.3) is 0 Å². The van der Waals surface area contributed by atoms with Gasteiger partial charge in [-0.15, -0.1) is 0 Å². The van der Waals surface area contributed by atoms with E-state index in [1.165, 1.54) is 17.9 Å². The number of aromatic nitrogens is 2. The Kier molecular flexibility index (Phi) is 3.71. The molecule has 2 rings (SSSR count). The molecule has 0 spiro atoms. The van der Waals surface area contributed by atoms with Crippen LogP contribution < -0.4 is 5.32 Å². The van der Waals surface area contributed by atoms with Crippen LogP contribution in [0.4, 0.5) is 11.4 Å². The van der Waals surface area contributed by atoms with Crippen molar-refractivity contribution in [3.63, 3.8) is 0 Å². The molecule has 1 aromatic carbocycles. The maximum Gasteiger partial charge on any atom is 0.320 e. The molecule has 2 aromatic rings. The Morgan fingerprint density at radius 3 is 2.85 bits per heavy atom. The molecule has 104 valence electrons. The van der Waals surface area contributed by atoms with Crippen LogP contribution in [0, 0.1) is 17.0 Å². The van der Waals surface area contributed by atoms with Crippen molar-refractivity contribution in [3.8, 4) is 0 Å². The molecule has 0 fully saturated rings. The Balaban J connectivity index is 2.33. The minimum atomic E-state index is -0.650. The van der Waals surface area contributed by atoms with E-state index in [1.807, 2.05) is 0 Å². The molecule has 0 radical (unpaired) electrons. The lowest BCUT2D eigenvalue weighted by atomic mass is 10.2. The van der Waals surface area contributed by atoms with Gasteiger partial charge < -0.3 is 5.32 Å². The van der Waals surface area contributed by atoms with E-state index in [9.17, 15) is 14.9 Å². The highest BCUT2D eigenvalue weighted by atomic mass is 35.5. The first-order chi connectivity index (χ1) is 9.40. The van der Waals surface area contributed by atoms with Gasteiger partial charge in [0.15, 0.2) is 0 Å². The van der Waals surface area contributed by atoms with E-state index in [2.05, 4.69) is 10.4 Å². The number of hydrogen-bond acceptors (Lipinski definition) is 4. The number of benzene rings is 1. The predicted molar refractivity (Wildman–Crippen MR) is 74.0 cm³/mol. The maximum atomic E-state index is 12.1. The van der Waals surface area contributed by atoms with Crippen molar-refractivity contribution >= 4 is 28.9 Å². The van der Waals surface area contributed by atoms with Gasteiger partial charge in [-0.3, -0.25) is 19.6 Å². The van der Waals surface area contributed by atoms with E-state index < -0.39 is 10.8 Å². The molecular formula is C12H11ClN4O3. The summed E-state index contributed by atoms with van der Waals surface area (Å²) in [6.45, 7) is 1.74. The third-order valence-electron chi connectivity index (χ3n) is 2.74. The number of halogens is 1. The van der Waals surface area contributed by atoms with Crippen LogP contribution in [0.5, 0.6) is 0 Å². The summed E-state index contributed by atoms with van der Waals surface area (Å²) in [4.78, 5) is 22.3. The average molecular weight is 295 g/mol. The Morgan fingerprint density at radius 1 is 1.50 bits per heavy atom. The number of amides is 1. The molecule has 1 N–H and O–H groups in total. The molecule has 1 aromatic heterocycles. The van der Waals surface area contributed by atoms with E-state index in [0.29, 0.717) is 16.3 Å². The molecule has 0 bridgehead atoms. The Bertz CT molecular complexity index is 696. The third kappa shape index (κ3) is 2.62. The second-order valence-corrected chi connectivity index (χ2v) is 4.57. The zero-order valence-electron chi connectivity index (χ0n) is 10.8. The first-order valence-corrected chi connectivity index (χ1v) is 6.02. The molecule has 0 unspecified atom stereocenters. The van der Waals surface area contributed by atoms with Crippen LogP contribution in [-0.4, -0.2) is 20.6 Å². The Labute approximate surface area is 119 Å². The van der Waals surface area contributed by atoms with Crippen LogP contribution in [0.15, 0.2) is 24.4 Å². The predicted octanol–water partition coefficient (Wildman–Crippen LogP) is 2.54. The average Bonchev–Trinajstić information content (AvgIpc) is 2.77. The summed E-state index contributed by atoms with van der Waals surface area (Å²) in [6.07, 6.45) is 1.18. The van der Waals surface area contributed by atoms with Gasteiger partial charge in [0.05, 0.1) is 4.92 Å². The van der Waals surface area contributed by atoms with Crippen molar-refractivity contribution in [2.45, 2.75) is 6.92 Å². The van der Waals surface area contributed by atoms with E-state index in [1.54, 1.807) is 25.1 Å². The zero-order chi connectivity index (χ0) is 14.9. The standard InChI is InChI=1S/C12H11ClN4O3/c1-7-8(13)4-3-5-9(7)14-12(18)11-10(17(19)20)6-16(2)15-11/h3-6H,1-2H3,(H,14,18). The number of hydrogen-bond donors (Lipinski definition) is 1. The van der Waals surface area contributed by atoms with Crippen LogP contribution in [-0.2, 0) is 7.05 Å². The van der Waals surface area contributed by atoms with E-state index in [-0.39, 0.29) is 11.4 Å². The van der Waals surface area contributed by atoms with E-state index >= 15 is 0 Å². The number of nitrogens with zero attached hydrogens (tertiary/aromatic N) is 3. The topological polar surface area (TPSA) is 90.1 Å². The van der Waals surface area contributed by atoms with Crippen LogP contribution >= 0.6 is 11.6 Å². The molecule has 8 heteroatoms. The summed E-state index contributed by atoms with van der Waals surface area (Å²) >= 11 is 5.95. The smallest absolute Gasteiger partial charge is 0.320 e. The quantitative estimate of drug-likeness (QED) is 0.695. The molecule has 7 nitrogen and oxygen atoms in total. The van der Waals surface area contributed by atoms with Gasteiger partial charge in [0.2, 0.25) is 5.69 Å². The number of nitro groups is 1. The minimum absolute atomic E-state index is 0.239. The van der Waals surface area contributed by atoms with Gasteiger partial charge in [-0.25, -0.2) is 0 Å². The Hall–Kier alpha value is -2.41. The fraction of sp³-hybridized carbons (Fsp3) is 0.167. The summed E-state index contributed by atoms with van der Waals surface area (Å²) in [7, 11) is 1.51. The highest BCUT2D eigenvalue weighted by Gasteiger charge is 2.25. The number of carbonyl (C=O) groups is 1. The Morgan fingerprint density at radius 2 is 2.20 bits per heavy atom. The van der Waals surface area contributed by atoms with Crippen molar-refractivity contribution in [1.29, 1.82) is 0 Å². The number of rotatable bonds is 3. The van der Waals surface area contributed by atoms with E-state index in [0.717, 1.165) is 0 Å². The lowest BCUT2D eigenvalue weighted by Crippen LogP contribution is -2.15. The van der Waals surface area contributed by atoms with Crippen molar-refractivity contribution in [2.75, 3.05) is 5.32 Å². The summed E-state index contributed by atoms with van der Waals surface area (Å²) in [5.74, 6) is -0.650. The van der Waals surface area contributed by atoms with E-state index in [4.69, 9.17) is 11.6 Å². The first kappa shape index (κ1) is 14.0. The van der Waals surface area contributed by atoms with Crippen molar-refractivity contribution in [3.05, 3.63) is 50.8 Å². The van der Waals surface area contributed by atoms with Crippen LogP contribution in [0.2, 0.25) is 5.02 Å². The molecule has 0 saturated heterocycles. The molecule has 0 aliphatic carbocycles. The van der Waals surface area contributed by atoms with Gasteiger partial charge in [-0.05, 0) is 24.6 Å². The number of carbonyl (C=O) groups excluding carboxylic acids is 1. The van der Waals surface area contributed by atoms with Crippen molar-refractivity contribution in [2.24, 2.45) is 7.05 Å². The first-order valence-electron chi connectivity index (χ1n) is 5.64. The number of anilines is 1. The van der Waals surface area contributed by atoms with Gasteiger partial charge in [0.25, 0.3) is 5.91 Å². The lowest BCUT2D eigenvalue weighted by Gasteiger charge is -2.07. The van der Waals surface area contributed by atoms with Crippen molar-refractivity contribution in [1.82, 2.24) is 9.78 Å². The minimum Gasteiger partial charge on any atom is -0.320 e. The fourth-order valence-corrected chi connectivity index (χ4v) is 1.87. The number of aryl methyl sites for hydroxylation is 1. The van der Waals surface area contributed by atoms with Gasteiger partial charge >= 0.3 is 5.69 Å². The van der Waals surface area contributed by atoms with Gasteiger partial charge in [-0.1, -0.05) is 17.7 Å². The van der Waals surface area contributed by atoms with Crippen LogP contribution in [0.1, 0.15) is 16.1 Å². The second-order valence-electron chi connectivity index (χ2n) is 4.16. The van der Waals surface area contributed by atoms with Crippen molar-refractivity contribution < 1.29 is 9.72 Å². The van der Waals surface area contributed by atoms with Gasteiger partial charge in [-0.2, -0.15) is 5.10 Å². The SMILES string of the molecule is Cc1c(Cl)cccc1NC(=O)c1nn(C)cc1[N+](=O)[O-]. The molecule has 1 heterocycles. The monoisotopic (exact) mass is 294 g/mol. The highest BCUT2D eigenvalue weighted by molar-refractivity contribution is 6.31. The summed E-state index contributed by atoms with van der Waals surface area (Å²) in [5, 5.41) is 17.7. The maximum absolute atomic E-state index is 12.1. The summed E-state index contributed by atoms with van der Waals surface area (Å²) in [6, 6.07) is 5.03. The zero-order valence-corrected chi connectivity index (χ0v) is 11.5. The van der Waals surface area contributed by atoms with Gasteiger partial charge in [0.1, 0.15) is 6.20 Å². The molecule has 0 aliphatic heterocycles. The summed E-state index contributed by atoms with van der Waals surface area (Å²) < 4.78 is 1.22. The molecule has 0 aliphatic rings. The van der Waals surface area contributed by atoms with Gasteiger partial charge in [0, 0.05) is 17.8 Å². The molecule has 0 atom stereocenters. The normalized spacial score (nSPS) is 10.3. The highest BCUT2D eigenvalue weighted by Crippen LogP contribution is 2.24. The lowest BCUT2D eigenvalue weighted by molar-refractivity contribution is -0.385. The third-order valence-corrected chi connectivity index (χ3v) is 3.15. The fourth-order valence-electron chi connectivity index (χ4n) is 1.70.